The third kappa shape index (κ3) is 2.68. The molecule has 0 aromatic heterocycles. The summed E-state index contributed by atoms with van der Waals surface area (Å²) in [6, 6.07) is 11.2. The smallest absolute Gasteiger partial charge is 0.0753 e. The molecule has 3 heteroatoms. The molecule has 92 valence electrons. The Kier molecular flexibility index (Phi) is 3.41. The highest BCUT2D eigenvalue weighted by Crippen LogP contribution is 2.18. The highest BCUT2D eigenvalue weighted by atomic mass is 16.5. The van der Waals surface area contributed by atoms with Crippen molar-refractivity contribution in [2.24, 2.45) is 0 Å². The van der Waals surface area contributed by atoms with Gasteiger partial charge in [-0.1, -0.05) is 30.3 Å². The number of fused-ring (bicyclic) bond motifs is 1. The number of rotatable bonds is 2. The molecule has 0 saturated carbocycles. The number of ether oxygens (including phenoxy) is 1. The van der Waals surface area contributed by atoms with E-state index in [0.717, 1.165) is 39.2 Å². The molecule has 2 atom stereocenters. The molecular formula is C14H20N2O. The highest BCUT2D eigenvalue weighted by molar-refractivity contribution is 5.14. The Labute approximate surface area is 103 Å². The maximum atomic E-state index is 5.79. The maximum absolute atomic E-state index is 5.79. The predicted octanol–water partition coefficient (Wildman–Crippen LogP) is 1.25. The lowest BCUT2D eigenvalue weighted by Crippen LogP contribution is -2.58. The van der Waals surface area contributed by atoms with Crippen molar-refractivity contribution in [3.05, 3.63) is 35.9 Å². The van der Waals surface area contributed by atoms with Crippen molar-refractivity contribution in [1.29, 1.82) is 0 Å². The van der Waals surface area contributed by atoms with Crippen molar-refractivity contribution in [3.63, 3.8) is 0 Å². The number of hydrogen-bond donors (Lipinski definition) is 1. The molecular weight excluding hydrogens is 212 g/mol. The molecule has 0 radical (unpaired) electrons. The van der Waals surface area contributed by atoms with Crippen LogP contribution >= 0.6 is 0 Å². The Morgan fingerprint density at radius 3 is 3.06 bits per heavy atom. The van der Waals surface area contributed by atoms with Crippen LogP contribution in [0.2, 0.25) is 0 Å². The molecule has 2 saturated heterocycles. The first-order valence-electron chi connectivity index (χ1n) is 6.53. The van der Waals surface area contributed by atoms with E-state index in [0.29, 0.717) is 12.1 Å². The van der Waals surface area contributed by atoms with Crippen molar-refractivity contribution >= 4 is 0 Å². The van der Waals surface area contributed by atoms with Gasteiger partial charge in [0.2, 0.25) is 0 Å². The van der Waals surface area contributed by atoms with Gasteiger partial charge in [-0.05, 0) is 12.0 Å². The molecule has 0 spiro atoms. The fraction of sp³-hybridized carbons (Fsp3) is 0.571. The van der Waals surface area contributed by atoms with Crippen LogP contribution < -0.4 is 5.32 Å². The first-order valence-corrected chi connectivity index (χ1v) is 6.53. The molecule has 2 fully saturated rings. The van der Waals surface area contributed by atoms with E-state index >= 15 is 0 Å². The first kappa shape index (κ1) is 11.2. The Hall–Kier alpha value is -0.900. The molecule has 17 heavy (non-hydrogen) atoms. The number of nitrogens with one attached hydrogen (secondary N) is 1. The number of piperidine rings is 1. The topological polar surface area (TPSA) is 24.5 Å². The van der Waals surface area contributed by atoms with Crippen molar-refractivity contribution in [1.82, 2.24) is 10.2 Å². The van der Waals surface area contributed by atoms with Gasteiger partial charge in [0, 0.05) is 32.2 Å². The number of morpholine rings is 1. The summed E-state index contributed by atoms with van der Waals surface area (Å²) in [7, 11) is 0. The Bertz CT molecular complexity index is 354. The van der Waals surface area contributed by atoms with Crippen LogP contribution in [0.4, 0.5) is 0 Å². The van der Waals surface area contributed by atoms with E-state index in [1.165, 1.54) is 5.56 Å². The van der Waals surface area contributed by atoms with Crippen molar-refractivity contribution in [2.45, 2.75) is 25.1 Å². The average molecular weight is 232 g/mol. The molecule has 0 amide bonds. The summed E-state index contributed by atoms with van der Waals surface area (Å²) in [5, 5.41) is 3.57. The second kappa shape index (κ2) is 5.17. The van der Waals surface area contributed by atoms with Gasteiger partial charge in [-0.3, -0.25) is 4.90 Å². The number of benzene rings is 1. The van der Waals surface area contributed by atoms with Crippen molar-refractivity contribution < 1.29 is 4.74 Å². The van der Waals surface area contributed by atoms with E-state index in [9.17, 15) is 0 Å². The molecule has 0 aliphatic carbocycles. The van der Waals surface area contributed by atoms with Crippen LogP contribution in [-0.2, 0) is 11.3 Å². The third-order valence-corrected chi connectivity index (χ3v) is 3.72. The average Bonchev–Trinajstić information content (AvgIpc) is 2.40. The fourth-order valence-corrected chi connectivity index (χ4v) is 2.83. The normalized spacial score (nSPS) is 29.9. The van der Waals surface area contributed by atoms with Crippen LogP contribution in [0.25, 0.3) is 0 Å². The molecule has 2 aliphatic heterocycles. The van der Waals surface area contributed by atoms with E-state index in [-0.39, 0.29) is 0 Å². The van der Waals surface area contributed by atoms with Gasteiger partial charge in [-0.15, -0.1) is 0 Å². The summed E-state index contributed by atoms with van der Waals surface area (Å²) >= 11 is 0. The molecule has 1 aromatic rings. The quantitative estimate of drug-likeness (QED) is 0.830. The van der Waals surface area contributed by atoms with Gasteiger partial charge in [0.1, 0.15) is 0 Å². The fourth-order valence-electron chi connectivity index (χ4n) is 2.83. The lowest BCUT2D eigenvalue weighted by Gasteiger charge is -2.41. The summed E-state index contributed by atoms with van der Waals surface area (Å²) in [6.07, 6.45) is 1.60. The van der Waals surface area contributed by atoms with Crippen LogP contribution in [0.1, 0.15) is 12.0 Å². The van der Waals surface area contributed by atoms with Crippen LogP contribution in [0.15, 0.2) is 30.3 Å². The number of likely N-dealkylation sites (tertiary alicyclic amines) is 1. The van der Waals surface area contributed by atoms with Crippen LogP contribution in [-0.4, -0.2) is 43.3 Å². The highest BCUT2D eigenvalue weighted by Gasteiger charge is 2.31. The number of hydrogen-bond acceptors (Lipinski definition) is 3. The molecule has 3 rings (SSSR count). The summed E-state index contributed by atoms with van der Waals surface area (Å²) in [4.78, 5) is 2.53. The van der Waals surface area contributed by atoms with E-state index in [4.69, 9.17) is 4.74 Å². The molecule has 0 unspecified atom stereocenters. The Morgan fingerprint density at radius 1 is 1.29 bits per heavy atom. The Morgan fingerprint density at radius 2 is 2.18 bits per heavy atom. The molecule has 1 aromatic carbocycles. The van der Waals surface area contributed by atoms with E-state index in [1.54, 1.807) is 0 Å². The minimum Gasteiger partial charge on any atom is -0.375 e. The van der Waals surface area contributed by atoms with Gasteiger partial charge in [0.15, 0.2) is 0 Å². The van der Waals surface area contributed by atoms with E-state index in [2.05, 4.69) is 40.5 Å². The van der Waals surface area contributed by atoms with Gasteiger partial charge in [-0.25, -0.2) is 0 Å². The van der Waals surface area contributed by atoms with Crippen LogP contribution in [0, 0.1) is 0 Å². The summed E-state index contributed by atoms with van der Waals surface area (Å²) in [6.45, 7) is 5.20. The molecule has 3 nitrogen and oxygen atoms in total. The van der Waals surface area contributed by atoms with Crippen LogP contribution in [0.5, 0.6) is 0 Å². The third-order valence-electron chi connectivity index (χ3n) is 3.72. The van der Waals surface area contributed by atoms with Gasteiger partial charge < -0.3 is 10.1 Å². The zero-order valence-electron chi connectivity index (χ0n) is 10.1. The molecule has 1 N–H and O–H groups in total. The van der Waals surface area contributed by atoms with E-state index in [1.807, 2.05) is 0 Å². The molecule has 2 aliphatic rings. The van der Waals surface area contributed by atoms with Gasteiger partial charge in [0.25, 0.3) is 0 Å². The first-order chi connectivity index (χ1) is 8.42. The SMILES string of the molecule is c1ccc(CN2CC[C@H]3OCCN[C@@H]3C2)cc1. The predicted molar refractivity (Wildman–Crippen MR) is 67.9 cm³/mol. The monoisotopic (exact) mass is 232 g/mol. The van der Waals surface area contributed by atoms with Gasteiger partial charge in [0.05, 0.1) is 12.7 Å². The molecule has 0 bridgehead atoms. The van der Waals surface area contributed by atoms with Crippen molar-refractivity contribution in [2.75, 3.05) is 26.2 Å². The summed E-state index contributed by atoms with van der Waals surface area (Å²) in [5.41, 5.74) is 1.41. The minimum absolute atomic E-state index is 0.441. The molecule has 2 heterocycles. The van der Waals surface area contributed by atoms with Crippen molar-refractivity contribution in [3.8, 4) is 0 Å². The van der Waals surface area contributed by atoms with Crippen LogP contribution in [0.3, 0.4) is 0 Å². The summed E-state index contributed by atoms with van der Waals surface area (Å²) < 4.78 is 5.79. The van der Waals surface area contributed by atoms with E-state index < -0.39 is 0 Å². The lowest BCUT2D eigenvalue weighted by molar-refractivity contribution is -0.0443. The minimum atomic E-state index is 0.441. The maximum Gasteiger partial charge on any atom is 0.0753 e. The largest absolute Gasteiger partial charge is 0.375 e. The standard InChI is InChI=1S/C14H20N2O/c1-2-4-12(5-3-1)10-16-8-6-14-13(11-16)15-7-9-17-14/h1-5,13-15H,6-11H2/t13-,14-/m1/s1. The zero-order chi connectivity index (χ0) is 11.5. The second-order valence-electron chi connectivity index (χ2n) is 4.98. The number of nitrogens with zero attached hydrogens (tertiary/aromatic N) is 1. The second-order valence-corrected chi connectivity index (χ2v) is 4.98. The van der Waals surface area contributed by atoms with Gasteiger partial charge >= 0.3 is 0 Å². The zero-order valence-corrected chi connectivity index (χ0v) is 10.1. The lowest BCUT2D eigenvalue weighted by atomic mass is 10.00. The van der Waals surface area contributed by atoms with Gasteiger partial charge in [-0.2, -0.15) is 0 Å². The Balaban J connectivity index is 1.59. The summed E-state index contributed by atoms with van der Waals surface area (Å²) in [5.74, 6) is 0.